The number of carbonyl (C=O) groups excluding carboxylic acids is 1. The number of hydrogen-bond donors (Lipinski definition) is 1. The van der Waals surface area contributed by atoms with Crippen LogP contribution in [-0.4, -0.2) is 46.5 Å². The van der Waals surface area contributed by atoms with Gasteiger partial charge in [-0.25, -0.2) is 4.39 Å². The zero-order valence-electron chi connectivity index (χ0n) is 10.7. The van der Waals surface area contributed by atoms with E-state index < -0.39 is 11.8 Å². The average Bonchev–Trinajstić information content (AvgIpc) is 2.61. The molecular formula is C13H14FNO4S. The molecule has 0 spiro atoms. The van der Waals surface area contributed by atoms with E-state index in [9.17, 15) is 14.0 Å². The van der Waals surface area contributed by atoms with Gasteiger partial charge in [-0.3, -0.25) is 9.59 Å². The fourth-order valence-electron chi connectivity index (χ4n) is 1.89. The highest BCUT2D eigenvalue weighted by Crippen LogP contribution is 2.25. The van der Waals surface area contributed by atoms with E-state index in [1.165, 1.54) is 11.0 Å². The summed E-state index contributed by atoms with van der Waals surface area (Å²) in [6, 6.07) is 4.56. The number of aliphatic carboxylic acids is 1. The predicted octanol–water partition coefficient (Wildman–Crippen LogP) is 1.36. The molecular weight excluding hydrogens is 285 g/mol. The number of rotatable bonds is 4. The Labute approximate surface area is 119 Å². The highest BCUT2D eigenvalue weighted by molar-refractivity contribution is 8.00. The van der Waals surface area contributed by atoms with Gasteiger partial charge in [0.15, 0.2) is 0 Å². The van der Waals surface area contributed by atoms with Gasteiger partial charge in [0.25, 0.3) is 0 Å². The molecule has 1 aliphatic heterocycles. The van der Waals surface area contributed by atoms with E-state index in [2.05, 4.69) is 0 Å². The van der Waals surface area contributed by atoms with E-state index in [1.54, 1.807) is 12.1 Å². The van der Waals surface area contributed by atoms with Gasteiger partial charge in [-0.2, -0.15) is 0 Å². The second-order valence-electron chi connectivity index (χ2n) is 4.27. The first-order valence-corrected chi connectivity index (χ1v) is 7.21. The van der Waals surface area contributed by atoms with Crippen LogP contribution in [0.2, 0.25) is 0 Å². The smallest absolute Gasteiger partial charge is 0.313 e. The molecule has 0 saturated heterocycles. The molecule has 0 aromatic heterocycles. The summed E-state index contributed by atoms with van der Waals surface area (Å²) in [6.45, 7) is 0.806. The molecule has 0 unspecified atom stereocenters. The van der Waals surface area contributed by atoms with Gasteiger partial charge in [0.1, 0.15) is 18.2 Å². The van der Waals surface area contributed by atoms with Crippen LogP contribution in [0.25, 0.3) is 0 Å². The van der Waals surface area contributed by atoms with Gasteiger partial charge in [-0.15, -0.1) is 11.8 Å². The maximum Gasteiger partial charge on any atom is 0.313 e. The van der Waals surface area contributed by atoms with Crippen molar-refractivity contribution in [3.8, 4) is 5.75 Å². The van der Waals surface area contributed by atoms with Crippen LogP contribution in [0.15, 0.2) is 18.2 Å². The molecule has 0 bridgehead atoms. The lowest BCUT2D eigenvalue weighted by atomic mass is 10.2. The van der Waals surface area contributed by atoms with Crippen molar-refractivity contribution in [3.63, 3.8) is 0 Å². The summed E-state index contributed by atoms with van der Waals surface area (Å²) in [4.78, 5) is 23.9. The van der Waals surface area contributed by atoms with Gasteiger partial charge in [0.05, 0.1) is 24.6 Å². The summed E-state index contributed by atoms with van der Waals surface area (Å²) in [7, 11) is 0. The first kappa shape index (κ1) is 14.6. The Kier molecular flexibility index (Phi) is 4.84. The van der Waals surface area contributed by atoms with Crippen LogP contribution in [-0.2, 0) is 16.1 Å². The Balaban J connectivity index is 2.01. The Bertz CT molecular complexity index is 523. The minimum absolute atomic E-state index is 0.0656. The third-order valence-corrected chi connectivity index (χ3v) is 3.75. The maximum atomic E-state index is 13.7. The number of ether oxygens (including phenoxy) is 1. The quantitative estimate of drug-likeness (QED) is 0.909. The van der Waals surface area contributed by atoms with E-state index in [1.807, 2.05) is 0 Å². The molecule has 7 heteroatoms. The number of hydrogen-bond acceptors (Lipinski definition) is 4. The predicted molar refractivity (Wildman–Crippen MR) is 72.3 cm³/mol. The molecule has 1 aromatic rings. The van der Waals surface area contributed by atoms with Crippen molar-refractivity contribution < 1.29 is 23.8 Å². The topological polar surface area (TPSA) is 66.8 Å². The normalized spacial score (nSPS) is 14.2. The lowest BCUT2D eigenvalue weighted by Gasteiger charge is -2.19. The highest BCUT2D eigenvalue weighted by atomic mass is 32.2. The zero-order chi connectivity index (χ0) is 14.5. The van der Waals surface area contributed by atoms with Gasteiger partial charge in [-0.1, -0.05) is 6.07 Å². The highest BCUT2D eigenvalue weighted by Gasteiger charge is 2.22. The molecule has 1 aliphatic rings. The lowest BCUT2D eigenvalue weighted by molar-refractivity contribution is -0.133. The van der Waals surface area contributed by atoms with Crippen LogP contribution >= 0.6 is 11.8 Å². The minimum Gasteiger partial charge on any atom is -0.491 e. The first-order valence-electron chi connectivity index (χ1n) is 6.05. The molecule has 1 N–H and O–H groups in total. The van der Waals surface area contributed by atoms with Crippen molar-refractivity contribution in [3.05, 3.63) is 29.6 Å². The van der Waals surface area contributed by atoms with Gasteiger partial charge in [0.2, 0.25) is 5.91 Å². The third-order valence-electron chi connectivity index (χ3n) is 2.85. The molecule has 5 nitrogen and oxygen atoms in total. The van der Waals surface area contributed by atoms with Crippen molar-refractivity contribution in [2.24, 2.45) is 0 Å². The Hall–Kier alpha value is -1.76. The van der Waals surface area contributed by atoms with E-state index in [0.29, 0.717) is 24.5 Å². The molecule has 1 heterocycles. The molecule has 0 saturated carbocycles. The number of fused-ring (bicyclic) bond motifs is 1. The monoisotopic (exact) mass is 299 g/mol. The fraction of sp³-hybridized carbons (Fsp3) is 0.385. The largest absolute Gasteiger partial charge is 0.491 e. The third kappa shape index (κ3) is 3.63. The molecule has 0 radical (unpaired) electrons. The SMILES string of the molecule is O=C(O)CSCC(=O)N1CCOc2cccc(F)c2C1. The summed E-state index contributed by atoms with van der Waals surface area (Å²) >= 11 is 1.03. The Morgan fingerprint density at radius 3 is 2.95 bits per heavy atom. The molecule has 0 atom stereocenters. The summed E-state index contributed by atoms with van der Waals surface area (Å²) in [5, 5.41) is 8.53. The van der Waals surface area contributed by atoms with Gasteiger partial charge >= 0.3 is 5.97 Å². The molecule has 20 heavy (non-hydrogen) atoms. The first-order chi connectivity index (χ1) is 9.58. The summed E-state index contributed by atoms with van der Waals surface area (Å²) < 4.78 is 19.2. The van der Waals surface area contributed by atoms with E-state index >= 15 is 0 Å². The maximum absolute atomic E-state index is 13.7. The number of carbonyl (C=O) groups is 2. The van der Waals surface area contributed by atoms with Gasteiger partial charge < -0.3 is 14.7 Å². The van der Waals surface area contributed by atoms with E-state index in [4.69, 9.17) is 9.84 Å². The fourth-order valence-corrected chi connectivity index (χ4v) is 2.53. The number of halogens is 1. The number of thioether (sulfide) groups is 1. The zero-order valence-corrected chi connectivity index (χ0v) is 11.5. The number of benzene rings is 1. The molecule has 108 valence electrons. The minimum atomic E-state index is -0.960. The number of carboxylic acid groups (broad SMARTS) is 1. The van der Waals surface area contributed by atoms with Crippen molar-refractivity contribution >= 4 is 23.6 Å². The molecule has 2 rings (SSSR count). The molecule has 1 amide bonds. The van der Waals surface area contributed by atoms with Crippen LogP contribution in [0.4, 0.5) is 4.39 Å². The molecule has 1 aromatic carbocycles. The Morgan fingerprint density at radius 2 is 2.20 bits per heavy atom. The van der Waals surface area contributed by atoms with Gasteiger partial charge in [-0.05, 0) is 12.1 Å². The average molecular weight is 299 g/mol. The van der Waals surface area contributed by atoms with Crippen LogP contribution in [0.3, 0.4) is 0 Å². The Morgan fingerprint density at radius 1 is 1.40 bits per heavy atom. The molecule has 0 aliphatic carbocycles. The van der Waals surface area contributed by atoms with Crippen LogP contribution in [0, 0.1) is 5.82 Å². The van der Waals surface area contributed by atoms with Crippen LogP contribution < -0.4 is 4.74 Å². The number of nitrogens with zero attached hydrogens (tertiary/aromatic N) is 1. The summed E-state index contributed by atoms with van der Waals surface area (Å²) in [5.74, 6) is -1.18. The lowest BCUT2D eigenvalue weighted by Crippen LogP contribution is -2.34. The van der Waals surface area contributed by atoms with Gasteiger partial charge in [0, 0.05) is 5.56 Å². The standard InChI is InChI=1S/C13H14FNO4S/c14-10-2-1-3-11-9(10)6-15(4-5-19-11)12(16)7-20-8-13(17)18/h1-3H,4-8H2,(H,17,18). The van der Waals surface area contributed by atoms with E-state index in [0.717, 1.165) is 11.8 Å². The van der Waals surface area contributed by atoms with Crippen molar-refractivity contribution in [2.75, 3.05) is 24.7 Å². The van der Waals surface area contributed by atoms with Crippen molar-refractivity contribution in [1.29, 1.82) is 0 Å². The van der Waals surface area contributed by atoms with E-state index in [-0.39, 0.29) is 24.0 Å². The summed E-state index contributed by atoms with van der Waals surface area (Å²) in [6.07, 6.45) is 0. The number of carboxylic acids is 1. The van der Waals surface area contributed by atoms with Crippen molar-refractivity contribution in [2.45, 2.75) is 6.54 Å². The van der Waals surface area contributed by atoms with Crippen LogP contribution in [0.1, 0.15) is 5.56 Å². The second-order valence-corrected chi connectivity index (χ2v) is 5.25. The second kappa shape index (κ2) is 6.60. The number of amides is 1. The van der Waals surface area contributed by atoms with Crippen LogP contribution in [0.5, 0.6) is 5.75 Å². The summed E-state index contributed by atoms with van der Waals surface area (Å²) in [5.41, 5.74) is 0.363. The van der Waals surface area contributed by atoms with Crippen molar-refractivity contribution in [1.82, 2.24) is 4.90 Å². The molecule has 0 fully saturated rings.